The van der Waals surface area contributed by atoms with E-state index in [1.54, 1.807) is 6.20 Å². The van der Waals surface area contributed by atoms with Gasteiger partial charge in [-0.25, -0.2) is 0 Å². The van der Waals surface area contributed by atoms with Crippen LogP contribution in [0, 0.1) is 0 Å². The van der Waals surface area contributed by atoms with Crippen LogP contribution < -0.4 is 16.0 Å². The number of aliphatic imine (C=N–C) groups is 1. The molecule has 0 aliphatic heterocycles. The first-order valence-electron chi connectivity index (χ1n) is 7.95. The first kappa shape index (κ1) is 21.6. The third-order valence-electron chi connectivity index (χ3n) is 2.92. The summed E-state index contributed by atoms with van der Waals surface area (Å²) in [5.74, 6) is 0.789. The minimum atomic E-state index is 0. The van der Waals surface area contributed by atoms with E-state index in [4.69, 9.17) is 0 Å². The zero-order valence-electron chi connectivity index (χ0n) is 14.0. The van der Waals surface area contributed by atoms with E-state index in [9.17, 15) is 4.79 Å². The Bertz CT molecular complexity index is 453. The van der Waals surface area contributed by atoms with E-state index < -0.39 is 0 Å². The topological polar surface area (TPSA) is 78.4 Å². The van der Waals surface area contributed by atoms with E-state index in [-0.39, 0.29) is 29.9 Å². The van der Waals surface area contributed by atoms with Crippen LogP contribution in [-0.2, 0) is 11.2 Å². The van der Waals surface area contributed by atoms with Gasteiger partial charge in [0.2, 0.25) is 5.91 Å². The van der Waals surface area contributed by atoms with Crippen molar-refractivity contribution >= 4 is 35.8 Å². The molecule has 1 aromatic rings. The molecule has 3 N–H and O–H groups in total. The molecule has 0 aliphatic carbocycles. The molecule has 0 atom stereocenters. The number of nitrogens with zero attached hydrogens (tertiary/aromatic N) is 2. The highest BCUT2D eigenvalue weighted by atomic mass is 127. The number of carbonyl (C=O) groups is 1. The van der Waals surface area contributed by atoms with Gasteiger partial charge < -0.3 is 16.0 Å². The summed E-state index contributed by atoms with van der Waals surface area (Å²) in [4.78, 5) is 20.2. The van der Waals surface area contributed by atoms with Gasteiger partial charge in [0.05, 0.1) is 6.54 Å². The van der Waals surface area contributed by atoms with Crippen molar-refractivity contribution in [2.75, 3.05) is 26.2 Å². The second kappa shape index (κ2) is 14.2. The van der Waals surface area contributed by atoms with Gasteiger partial charge in [0.1, 0.15) is 0 Å². The largest absolute Gasteiger partial charge is 0.357 e. The van der Waals surface area contributed by atoms with Gasteiger partial charge >= 0.3 is 0 Å². The van der Waals surface area contributed by atoms with Gasteiger partial charge in [-0.15, -0.1) is 24.0 Å². The van der Waals surface area contributed by atoms with Crippen molar-refractivity contribution in [1.82, 2.24) is 20.9 Å². The van der Waals surface area contributed by atoms with Crippen molar-refractivity contribution in [3.8, 4) is 0 Å². The maximum Gasteiger partial charge on any atom is 0.221 e. The lowest BCUT2D eigenvalue weighted by Gasteiger charge is -2.11. The molecule has 0 radical (unpaired) electrons. The predicted molar refractivity (Wildman–Crippen MR) is 105 cm³/mol. The Labute approximate surface area is 156 Å². The smallest absolute Gasteiger partial charge is 0.221 e. The molecule has 1 amide bonds. The molecule has 0 bridgehead atoms. The molecule has 6 nitrogen and oxygen atoms in total. The minimum Gasteiger partial charge on any atom is -0.357 e. The van der Waals surface area contributed by atoms with Crippen LogP contribution in [0.2, 0.25) is 0 Å². The molecule has 130 valence electrons. The van der Waals surface area contributed by atoms with Crippen LogP contribution in [0.5, 0.6) is 0 Å². The van der Waals surface area contributed by atoms with Crippen LogP contribution in [0.3, 0.4) is 0 Å². The van der Waals surface area contributed by atoms with E-state index in [2.05, 4.69) is 25.9 Å². The highest BCUT2D eigenvalue weighted by Crippen LogP contribution is 1.93. The molecular weight excluding hydrogens is 405 g/mol. The highest BCUT2D eigenvalue weighted by molar-refractivity contribution is 14.0. The summed E-state index contributed by atoms with van der Waals surface area (Å²) in [6.07, 6.45) is 4.00. The molecule has 0 saturated heterocycles. The second-order valence-electron chi connectivity index (χ2n) is 4.86. The van der Waals surface area contributed by atoms with Crippen LogP contribution in [0.1, 0.15) is 32.4 Å². The summed E-state index contributed by atoms with van der Waals surface area (Å²) in [5, 5.41) is 9.27. The van der Waals surface area contributed by atoms with Crippen molar-refractivity contribution in [3.63, 3.8) is 0 Å². The number of amides is 1. The molecule has 0 spiro atoms. The fourth-order valence-corrected chi connectivity index (χ4v) is 1.82. The molecule has 7 heteroatoms. The first-order valence-corrected chi connectivity index (χ1v) is 7.95. The summed E-state index contributed by atoms with van der Waals surface area (Å²) < 4.78 is 0. The minimum absolute atomic E-state index is 0. The van der Waals surface area contributed by atoms with E-state index in [0.29, 0.717) is 13.0 Å². The molecule has 1 aromatic heterocycles. The average molecular weight is 433 g/mol. The molecule has 0 aliphatic rings. The van der Waals surface area contributed by atoms with Crippen molar-refractivity contribution < 1.29 is 4.79 Å². The van der Waals surface area contributed by atoms with Crippen molar-refractivity contribution in [1.29, 1.82) is 0 Å². The van der Waals surface area contributed by atoms with Gasteiger partial charge in [-0.05, 0) is 25.5 Å². The average Bonchev–Trinajstić information content (AvgIpc) is 2.54. The van der Waals surface area contributed by atoms with Crippen LogP contribution in [0.15, 0.2) is 29.4 Å². The standard InChI is InChI=1S/C16H27N5O.HI/c1-3-10-19-15(22)9-13-21-16(17-4-2)20-12-8-14-7-5-6-11-18-14;/h5-7,11H,3-4,8-10,12-13H2,1-2H3,(H,19,22)(H2,17,20,21);1H. The van der Waals surface area contributed by atoms with E-state index in [1.165, 1.54) is 0 Å². The number of aromatic nitrogens is 1. The Morgan fingerprint density at radius 3 is 2.65 bits per heavy atom. The maximum absolute atomic E-state index is 11.5. The Morgan fingerprint density at radius 2 is 2.00 bits per heavy atom. The number of nitrogens with one attached hydrogen (secondary N) is 3. The third kappa shape index (κ3) is 10.9. The van der Waals surface area contributed by atoms with Gasteiger partial charge in [-0.3, -0.25) is 14.8 Å². The number of hydrogen-bond donors (Lipinski definition) is 3. The lowest BCUT2D eigenvalue weighted by Crippen LogP contribution is -2.38. The molecule has 0 unspecified atom stereocenters. The Kier molecular flexibility index (Phi) is 13.4. The fraction of sp³-hybridized carbons (Fsp3) is 0.562. The predicted octanol–water partition coefficient (Wildman–Crippen LogP) is 1.71. The van der Waals surface area contributed by atoms with Crippen molar-refractivity contribution in [3.05, 3.63) is 30.1 Å². The molecular formula is C16H28IN5O. The van der Waals surface area contributed by atoms with Crippen molar-refractivity contribution in [2.45, 2.75) is 33.1 Å². The van der Waals surface area contributed by atoms with Gasteiger partial charge in [-0.1, -0.05) is 13.0 Å². The fourth-order valence-electron chi connectivity index (χ4n) is 1.82. The number of pyridine rings is 1. The normalized spacial score (nSPS) is 10.6. The summed E-state index contributed by atoms with van der Waals surface area (Å²) in [5.41, 5.74) is 1.05. The third-order valence-corrected chi connectivity index (χ3v) is 2.92. The zero-order chi connectivity index (χ0) is 16.0. The summed E-state index contributed by atoms with van der Waals surface area (Å²) >= 11 is 0. The molecule has 0 aromatic carbocycles. The number of guanidine groups is 1. The van der Waals surface area contributed by atoms with Crippen molar-refractivity contribution in [2.24, 2.45) is 4.99 Å². The summed E-state index contributed by atoms with van der Waals surface area (Å²) in [6.45, 7) is 6.80. The Morgan fingerprint density at radius 1 is 1.17 bits per heavy atom. The number of halogens is 1. The number of carbonyl (C=O) groups excluding carboxylic acids is 1. The number of hydrogen-bond acceptors (Lipinski definition) is 3. The van der Waals surface area contributed by atoms with E-state index >= 15 is 0 Å². The van der Waals surface area contributed by atoms with E-state index in [1.807, 2.05) is 32.0 Å². The molecule has 1 rings (SSSR count). The highest BCUT2D eigenvalue weighted by Gasteiger charge is 2.01. The molecule has 23 heavy (non-hydrogen) atoms. The molecule has 0 fully saturated rings. The van der Waals surface area contributed by atoms with Gasteiger partial charge in [0.15, 0.2) is 5.96 Å². The van der Waals surface area contributed by atoms with Gasteiger partial charge in [0.25, 0.3) is 0 Å². The van der Waals surface area contributed by atoms with Gasteiger partial charge in [0, 0.05) is 44.4 Å². The van der Waals surface area contributed by atoms with Crippen LogP contribution in [0.4, 0.5) is 0 Å². The monoisotopic (exact) mass is 433 g/mol. The zero-order valence-corrected chi connectivity index (χ0v) is 16.3. The Hall–Kier alpha value is -1.38. The maximum atomic E-state index is 11.5. The van der Waals surface area contributed by atoms with Crippen LogP contribution in [0.25, 0.3) is 0 Å². The Balaban J connectivity index is 0.00000484. The van der Waals surface area contributed by atoms with Crippen LogP contribution >= 0.6 is 24.0 Å². The first-order chi connectivity index (χ1) is 10.8. The van der Waals surface area contributed by atoms with Crippen LogP contribution in [-0.4, -0.2) is 43.0 Å². The molecule has 0 saturated carbocycles. The van der Waals surface area contributed by atoms with Gasteiger partial charge in [-0.2, -0.15) is 0 Å². The SMILES string of the molecule is CCCNC(=O)CCN=C(NCC)NCCc1ccccn1.I. The van der Waals surface area contributed by atoms with E-state index in [0.717, 1.165) is 44.1 Å². The second-order valence-corrected chi connectivity index (χ2v) is 4.86. The lowest BCUT2D eigenvalue weighted by atomic mass is 10.3. The quantitative estimate of drug-likeness (QED) is 0.315. The summed E-state index contributed by atoms with van der Waals surface area (Å²) in [7, 11) is 0. The lowest BCUT2D eigenvalue weighted by molar-refractivity contribution is -0.120. The summed E-state index contributed by atoms with van der Waals surface area (Å²) in [6, 6.07) is 5.90. The number of rotatable bonds is 9. The molecule has 1 heterocycles.